The van der Waals surface area contributed by atoms with Crippen molar-refractivity contribution in [1.29, 1.82) is 0 Å². The second-order valence-corrected chi connectivity index (χ2v) is 14.1. The van der Waals surface area contributed by atoms with Crippen LogP contribution in [0, 0.1) is 6.92 Å². The van der Waals surface area contributed by atoms with E-state index in [4.69, 9.17) is 9.72 Å². The van der Waals surface area contributed by atoms with Gasteiger partial charge >= 0.3 is 5.69 Å². The predicted molar refractivity (Wildman–Crippen MR) is 182 cm³/mol. The van der Waals surface area contributed by atoms with E-state index < -0.39 is 0 Å². The average Bonchev–Trinajstić information content (AvgIpc) is 3.53. The third-order valence-corrected chi connectivity index (χ3v) is 8.63. The minimum absolute atomic E-state index is 0.00564. The lowest BCUT2D eigenvalue weighted by Crippen LogP contribution is -2.37. The first-order valence-corrected chi connectivity index (χ1v) is 16.7. The maximum atomic E-state index is 13.1. The summed E-state index contributed by atoms with van der Waals surface area (Å²) in [5.74, 6) is 0.978. The maximum absolute atomic E-state index is 13.1. The second-order valence-electron chi connectivity index (χ2n) is 13.0. The molecule has 0 saturated heterocycles. The number of carbonyl (C=O) groups is 1. The fraction of sp³-hybridized carbons (Fsp3) is 0.629. The average molecular weight is 613 g/mol. The number of ether oxygens (including phenoxy) is 1. The molecule has 1 amide bonds. The van der Waals surface area contributed by atoms with Gasteiger partial charge in [-0.2, -0.15) is 0 Å². The number of benzene rings is 1. The molecule has 0 N–H and O–H groups in total. The number of imidazole rings is 1. The third kappa shape index (κ3) is 9.31. The van der Waals surface area contributed by atoms with Crippen LogP contribution < -0.4 is 10.4 Å². The van der Waals surface area contributed by atoms with Gasteiger partial charge in [0, 0.05) is 59.3 Å². The highest BCUT2D eigenvalue weighted by Gasteiger charge is 2.28. The molecule has 8 heteroatoms. The zero-order chi connectivity index (χ0) is 32.5. The largest absolute Gasteiger partial charge is 0.496 e. The van der Waals surface area contributed by atoms with Crippen LogP contribution in [0.3, 0.4) is 0 Å². The first kappa shape index (κ1) is 36.3. The van der Waals surface area contributed by atoms with Crippen molar-refractivity contribution in [2.75, 3.05) is 20.2 Å². The van der Waals surface area contributed by atoms with Crippen LogP contribution in [-0.4, -0.2) is 45.1 Å². The summed E-state index contributed by atoms with van der Waals surface area (Å²) in [5.41, 5.74) is 4.18. The van der Waals surface area contributed by atoms with Gasteiger partial charge in [-0.1, -0.05) is 62.3 Å². The summed E-state index contributed by atoms with van der Waals surface area (Å²) in [6.45, 7) is 25.4. The fourth-order valence-electron chi connectivity index (χ4n) is 5.28. The first-order chi connectivity index (χ1) is 20.2. The Bertz CT molecular complexity index is 1350. The molecule has 43 heavy (non-hydrogen) atoms. The van der Waals surface area contributed by atoms with Crippen LogP contribution in [0.15, 0.2) is 29.3 Å². The van der Waals surface area contributed by atoms with E-state index in [1.807, 2.05) is 38.8 Å². The van der Waals surface area contributed by atoms with E-state index in [-0.39, 0.29) is 29.0 Å². The number of rotatable bonds is 12. The van der Waals surface area contributed by atoms with Gasteiger partial charge in [-0.15, -0.1) is 11.3 Å². The lowest BCUT2D eigenvalue weighted by Gasteiger charge is -2.29. The van der Waals surface area contributed by atoms with Crippen molar-refractivity contribution >= 4 is 17.2 Å². The lowest BCUT2D eigenvalue weighted by molar-refractivity contribution is -0.132. The number of aromatic nitrogens is 3. The van der Waals surface area contributed by atoms with Gasteiger partial charge in [0.2, 0.25) is 5.91 Å². The summed E-state index contributed by atoms with van der Waals surface area (Å²) in [6.07, 6.45) is 7.49. The monoisotopic (exact) mass is 612 g/mol. The van der Waals surface area contributed by atoms with E-state index >= 15 is 0 Å². The quantitative estimate of drug-likeness (QED) is 0.194. The number of nitrogens with zero attached hydrogens (tertiary/aromatic N) is 4. The smallest absolute Gasteiger partial charge is 0.328 e. The van der Waals surface area contributed by atoms with Crippen LogP contribution in [0.25, 0.3) is 10.6 Å². The van der Waals surface area contributed by atoms with Crippen molar-refractivity contribution in [3.05, 3.63) is 56.7 Å². The van der Waals surface area contributed by atoms with E-state index in [9.17, 15) is 9.59 Å². The summed E-state index contributed by atoms with van der Waals surface area (Å²) < 4.78 is 9.17. The van der Waals surface area contributed by atoms with E-state index in [2.05, 4.69) is 60.6 Å². The zero-order valence-electron chi connectivity index (χ0n) is 28.9. The second kappa shape index (κ2) is 15.7. The Morgan fingerprint density at radius 2 is 1.60 bits per heavy atom. The normalized spacial score (nSPS) is 11.7. The van der Waals surface area contributed by atoms with Crippen molar-refractivity contribution in [3.63, 3.8) is 0 Å². The van der Waals surface area contributed by atoms with Gasteiger partial charge in [0.1, 0.15) is 17.3 Å². The van der Waals surface area contributed by atoms with Gasteiger partial charge in [-0.05, 0) is 62.5 Å². The van der Waals surface area contributed by atoms with E-state index in [0.717, 1.165) is 47.7 Å². The lowest BCUT2D eigenvalue weighted by atomic mass is 9.78. The van der Waals surface area contributed by atoms with Gasteiger partial charge in [-0.25, -0.2) is 9.78 Å². The molecule has 0 aliphatic rings. The molecule has 0 spiro atoms. The van der Waals surface area contributed by atoms with Crippen LogP contribution >= 0.6 is 11.3 Å². The molecular weight excluding hydrogens is 556 g/mol. The van der Waals surface area contributed by atoms with E-state index in [0.29, 0.717) is 19.6 Å². The molecule has 2 heterocycles. The highest BCUT2D eigenvalue weighted by atomic mass is 32.1. The third-order valence-electron chi connectivity index (χ3n) is 7.52. The summed E-state index contributed by atoms with van der Waals surface area (Å²) >= 11 is 1.75. The van der Waals surface area contributed by atoms with E-state index in [1.165, 1.54) is 20.6 Å². The van der Waals surface area contributed by atoms with Crippen LogP contribution in [-0.2, 0) is 35.1 Å². The number of hydrogen-bond acceptors (Lipinski definition) is 5. The molecule has 0 radical (unpaired) electrons. The molecule has 0 fully saturated rings. The molecule has 0 aliphatic heterocycles. The van der Waals surface area contributed by atoms with Gasteiger partial charge < -0.3 is 9.64 Å². The Balaban J connectivity index is 0.00000316. The number of methoxy groups -OCH3 is 1. The van der Waals surface area contributed by atoms with Gasteiger partial charge in [0.05, 0.1) is 7.11 Å². The summed E-state index contributed by atoms with van der Waals surface area (Å²) in [6, 6.07) is 4.49. The molecule has 3 aromatic rings. The number of thiazole rings is 1. The Morgan fingerprint density at radius 3 is 2.09 bits per heavy atom. The van der Waals surface area contributed by atoms with Crippen molar-refractivity contribution in [1.82, 2.24) is 19.0 Å². The highest BCUT2D eigenvalue weighted by molar-refractivity contribution is 7.15. The number of amides is 1. The summed E-state index contributed by atoms with van der Waals surface area (Å²) in [4.78, 5) is 33.6. The molecule has 0 unspecified atom stereocenters. The fourth-order valence-corrected chi connectivity index (χ4v) is 6.22. The SMILES string of the molecule is CC.CCCN(CCCCc1cnc(-c2cc(C(C)(C)C)c(OC)c(C(C)(C)C)c2)s1)C(=O)Cn1cc(C)n(CC)c1=O. The van der Waals surface area contributed by atoms with Crippen molar-refractivity contribution in [3.8, 4) is 16.3 Å². The summed E-state index contributed by atoms with van der Waals surface area (Å²) in [7, 11) is 1.76. The Hall–Kier alpha value is -2.87. The Kier molecular flexibility index (Phi) is 13.3. The summed E-state index contributed by atoms with van der Waals surface area (Å²) in [5, 5.41) is 1.03. The molecule has 0 aliphatic carbocycles. The van der Waals surface area contributed by atoms with Crippen LogP contribution in [0.4, 0.5) is 0 Å². The maximum Gasteiger partial charge on any atom is 0.328 e. The molecule has 0 saturated carbocycles. The highest BCUT2D eigenvalue weighted by Crippen LogP contribution is 2.43. The van der Waals surface area contributed by atoms with Crippen molar-refractivity contribution < 1.29 is 9.53 Å². The molecule has 0 atom stereocenters. The molecule has 0 bridgehead atoms. The van der Waals surface area contributed by atoms with Gasteiger partial charge in [0.25, 0.3) is 0 Å². The van der Waals surface area contributed by atoms with Gasteiger partial charge in [-0.3, -0.25) is 13.9 Å². The molecular formula is C35H56N4O3S. The standard InChI is InChI=1S/C33H50N4O3S.C2H6/c1-11-16-35(28(38)22-36-21-23(3)37(12-2)31(36)39)17-14-13-15-25-20-34-30(41-25)24-18-26(32(4,5)6)29(40-10)27(19-24)33(7,8)9;1-2/h18-21H,11-17,22H2,1-10H3;1-2H3. The molecule has 1 aromatic carbocycles. The van der Waals surface area contributed by atoms with Crippen molar-refractivity contribution in [2.45, 2.75) is 126 Å². The first-order valence-electron chi connectivity index (χ1n) is 15.9. The molecule has 7 nitrogen and oxygen atoms in total. The topological polar surface area (TPSA) is 69.4 Å². The van der Waals surface area contributed by atoms with Crippen LogP contribution in [0.5, 0.6) is 5.75 Å². The Morgan fingerprint density at radius 1 is 1.00 bits per heavy atom. The minimum Gasteiger partial charge on any atom is -0.496 e. The molecule has 3 rings (SSSR count). The predicted octanol–water partition coefficient (Wildman–Crippen LogP) is 7.99. The number of aryl methyl sites for hydroxylation is 2. The van der Waals surface area contributed by atoms with Crippen LogP contribution in [0.2, 0.25) is 0 Å². The minimum atomic E-state index is -0.114. The number of carbonyl (C=O) groups excluding carboxylic acids is 1. The van der Waals surface area contributed by atoms with Crippen LogP contribution in [0.1, 0.15) is 110 Å². The van der Waals surface area contributed by atoms with Crippen molar-refractivity contribution in [2.24, 2.45) is 0 Å². The molecule has 240 valence electrons. The Labute approximate surface area is 264 Å². The molecule has 2 aromatic heterocycles. The zero-order valence-corrected chi connectivity index (χ0v) is 29.7. The van der Waals surface area contributed by atoms with Gasteiger partial charge in [0.15, 0.2) is 0 Å². The number of hydrogen-bond donors (Lipinski definition) is 0. The van der Waals surface area contributed by atoms with E-state index in [1.54, 1.807) is 29.2 Å². The number of unbranched alkanes of at least 4 members (excludes halogenated alkanes) is 1.